The van der Waals surface area contributed by atoms with Gasteiger partial charge in [-0.2, -0.15) is 0 Å². The summed E-state index contributed by atoms with van der Waals surface area (Å²) in [7, 11) is 2.52. The zero-order valence-electron chi connectivity index (χ0n) is 10.4. The van der Waals surface area contributed by atoms with Crippen LogP contribution in [0.5, 0.6) is 0 Å². The smallest absolute Gasteiger partial charge is 0.320 e. The number of carbonyl (C=O) groups excluding carboxylic acids is 2. The van der Waals surface area contributed by atoms with Gasteiger partial charge in [0.05, 0.1) is 14.2 Å². The topological polar surface area (TPSA) is 52.6 Å². The van der Waals surface area contributed by atoms with E-state index >= 15 is 0 Å². The third-order valence-electron chi connectivity index (χ3n) is 2.12. The molecule has 0 aromatic carbocycles. The van der Waals surface area contributed by atoms with Crippen LogP contribution in [-0.4, -0.2) is 26.2 Å². The van der Waals surface area contributed by atoms with E-state index in [-0.39, 0.29) is 0 Å². The predicted molar refractivity (Wildman–Crippen MR) is 60.7 cm³/mol. The van der Waals surface area contributed by atoms with Crippen LogP contribution >= 0.6 is 0 Å². The number of ether oxygens (including phenoxy) is 2. The van der Waals surface area contributed by atoms with Crippen molar-refractivity contribution in [1.29, 1.82) is 0 Å². The standard InChI is InChI=1S/C12H20O4/c1-9(2)7-5-6-8-10(11(13)15-3)12(14)16-4/h5-6,9-10H,7-8H2,1-4H3/b6-5+. The lowest BCUT2D eigenvalue weighted by Crippen LogP contribution is -2.25. The van der Waals surface area contributed by atoms with E-state index in [2.05, 4.69) is 23.3 Å². The average molecular weight is 228 g/mol. The van der Waals surface area contributed by atoms with E-state index in [1.54, 1.807) is 0 Å². The first-order valence-corrected chi connectivity index (χ1v) is 5.33. The Bertz CT molecular complexity index is 240. The summed E-state index contributed by atoms with van der Waals surface area (Å²) in [5, 5.41) is 0. The van der Waals surface area contributed by atoms with Gasteiger partial charge in [0, 0.05) is 0 Å². The fraction of sp³-hybridized carbons (Fsp3) is 0.667. The molecule has 4 nitrogen and oxygen atoms in total. The van der Waals surface area contributed by atoms with Gasteiger partial charge in [-0.3, -0.25) is 9.59 Å². The molecule has 0 amide bonds. The van der Waals surface area contributed by atoms with Crippen LogP contribution in [0.4, 0.5) is 0 Å². The molecular formula is C12H20O4. The summed E-state index contributed by atoms with van der Waals surface area (Å²) in [6.07, 6.45) is 5.03. The largest absolute Gasteiger partial charge is 0.468 e. The molecule has 92 valence electrons. The van der Waals surface area contributed by atoms with Crippen LogP contribution in [-0.2, 0) is 19.1 Å². The Kier molecular flexibility index (Phi) is 7.25. The molecule has 0 saturated heterocycles. The number of allylic oxidation sites excluding steroid dienone is 2. The van der Waals surface area contributed by atoms with Crippen LogP contribution in [0.1, 0.15) is 26.7 Å². The van der Waals surface area contributed by atoms with Crippen LogP contribution in [0.25, 0.3) is 0 Å². The van der Waals surface area contributed by atoms with Crippen molar-refractivity contribution in [3.8, 4) is 0 Å². The van der Waals surface area contributed by atoms with E-state index in [0.29, 0.717) is 12.3 Å². The maximum Gasteiger partial charge on any atom is 0.320 e. The van der Waals surface area contributed by atoms with Crippen molar-refractivity contribution in [2.24, 2.45) is 11.8 Å². The van der Waals surface area contributed by atoms with E-state index in [4.69, 9.17) is 0 Å². The summed E-state index contributed by atoms with van der Waals surface area (Å²) >= 11 is 0. The van der Waals surface area contributed by atoms with Crippen molar-refractivity contribution in [3.05, 3.63) is 12.2 Å². The number of hydrogen-bond donors (Lipinski definition) is 0. The highest BCUT2D eigenvalue weighted by molar-refractivity contribution is 5.94. The highest BCUT2D eigenvalue weighted by Crippen LogP contribution is 2.10. The number of esters is 2. The van der Waals surface area contributed by atoms with Crippen LogP contribution in [0.3, 0.4) is 0 Å². The molecule has 0 unspecified atom stereocenters. The van der Waals surface area contributed by atoms with Crippen molar-refractivity contribution in [2.45, 2.75) is 26.7 Å². The highest BCUT2D eigenvalue weighted by atomic mass is 16.5. The molecule has 16 heavy (non-hydrogen) atoms. The Morgan fingerprint density at radius 2 is 1.44 bits per heavy atom. The monoisotopic (exact) mass is 228 g/mol. The molecule has 0 aliphatic carbocycles. The van der Waals surface area contributed by atoms with Gasteiger partial charge >= 0.3 is 11.9 Å². The number of carbonyl (C=O) groups is 2. The van der Waals surface area contributed by atoms with Gasteiger partial charge in [0.25, 0.3) is 0 Å². The van der Waals surface area contributed by atoms with Crippen molar-refractivity contribution in [2.75, 3.05) is 14.2 Å². The molecule has 0 atom stereocenters. The molecule has 0 N–H and O–H groups in total. The van der Waals surface area contributed by atoms with Crippen LogP contribution < -0.4 is 0 Å². The number of rotatable bonds is 6. The van der Waals surface area contributed by atoms with Gasteiger partial charge in [-0.05, 0) is 18.8 Å². The summed E-state index contributed by atoms with van der Waals surface area (Å²) in [4.78, 5) is 22.6. The van der Waals surface area contributed by atoms with E-state index < -0.39 is 17.9 Å². The third-order valence-corrected chi connectivity index (χ3v) is 2.12. The Morgan fingerprint density at radius 3 is 1.81 bits per heavy atom. The minimum atomic E-state index is -0.849. The second kappa shape index (κ2) is 7.91. The second-order valence-corrected chi connectivity index (χ2v) is 3.94. The fourth-order valence-electron chi connectivity index (χ4n) is 1.17. The van der Waals surface area contributed by atoms with Gasteiger partial charge in [0.2, 0.25) is 0 Å². The first kappa shape index (κ1) is 14.7. The Balaban J connectivity index is 4.28. The highest BCUT2D eigenvalue weighted by Gasteiger charge is 2.26. The van der Waals surface area contributed by atoms with Crippen molar-refractivity contribution in [3.63, 3.8) is 0 Å². The van der Waals surface area contributed by atoms with Crippen LogP contribution in [0, 0.1) is 11.8 Å². The molecule has 0 radical (unpaired) electrons. The molecule has 0 aliphatic rings. The van der Waals surface area contributed by atoms with Crippen molar-refractivity contribution in [1.82, 2.24) is 0 Å². The molecule has 0 aliphatic heterocycles. The Morgan fingerprint density at radius 1 is 1.00 bits per heavy atom. The van der Waals surface area contributed by atoms with Crippen molar-refractivity contribution >= 4 is 11.9 Å². The molecule has 0 heterocycles. The summed E-state index contributed by atoms with van der Waals surface area (Å²) < 4.78 is 9.08. The molecule has 0 saturated carbocycles. The minimum absolute atomic E-state index is 0.325. The minimum Gasteiger partial charge on any atom is -0.468 e. The summed E-state index contributed by atoms with van der Waals surface area (Å²) in [6, 6.07) is 0. The molecule has 0 spiro atoms. The quantitative estimate of drug-likeness (QED) is 0.396. The van der Waals surface area contributed by atoms with E-state index in [9.17, 15) is 9.59 Å². The van der Waals surface area contributed by atoms with E-state index in [1.165, 1.54) is 14.2 Å². The van der Waals surface area contributed by atoms with Gasteiger partial charge in [-0.25, -0.2) is 0 Å². The fourth-order valence-corrected chi connectivity index (χ4v) is 1.17. The lowest BCUT2D eigenvalue weighted by atomic mass is 10.0. The molecule has 0 aromatic rings. The van der Waals surface area contributed by atoms with Crippen LogP contribution in [0.15, 0.2) is 12.2 Å². The normalized spacial score (nSPS) is 11.1. The molecule has 0 fully saturated rings. The van der Waals surface area contributed by atoms with E-state index in [1.807, 2.05) is 12.2 Å². The summed E-state index contributed by atoms with van der Waals surface area (Å²) in [5.41, 5.74) is 0. The lowest BCUT2D eigenvalue weighted by molar-refractivity contribution is -0.158. The average Bonchev–Trinajstić information content (AvgIpc) is 2.27. The zero-order valence-corrected chi connectivity index (χ0v) is 10.4. The molecular weight excluding hydrogens is 208 g/mol. The predicted octanol–water partition coefficient (Wildman–Crippen LogP) is 1.94. The summed E-state index contributed by atoms with van der Waals surface area (Å²) in [6.45, 7) is 4.20. The SMILES string of the molecule is COC(=O)C(C/C=C/CC(C)C)C(=O)OC. The first-order valence-electron chi connectivity index (χ1n) is 5.33. The van der Waals surface area contributed by atoms with Gasteiger partial charge in [-0.1, -0.05) is 26.0 Å². The third kappa shape index (κ3) is 5.53. The maximum atomic E-state index is 11.3. The van der Waals surface area contributed by atoms with Crippen LogP contribution in [0.2, 0.25) is 0 Å². The Labute approximate surface area is 96.6 Å². The maximum absolute atomic E-state index is 11.3. The lowest BCUT2D eigenvalue weighted by Gasteiger charge is -2.09. The number of hydrogen-bond acceptors (Lipinski definition) is 4. The molecule has 0 aromatic heterocycles. The van der Waals surface area contributed by atoms with E-state index in [0.717, 1.165) is 6.42 Å². The van der Waals surface area contributed by atoms with Gasteiger partial charge < -0.3 is 9.47 Å². The second-order valence-electron chi connectivity index (χ2n) is 3.94. The molecule has 4 heteroatoms. The van der Waals surface area contributed by atoms with Crippen molar-refractivity contribution < 1.29 is 19.1 Å². The summed E-state index contributed by atoms with van der Waals surface area (Å²) in [5.74, 6) is -1.40. The molecule has 0 rings (SSSR count). The molecule has 0 bridgehead atoms. The Hall–Kier alpha value is -1.32. The van der Waals surface area contributed by atoms with Gasteiger partial charge in [-0.15, -0.1) is 0 Å². The zero-order chi connectivity index (χ0) is 12.6. The number of methoxy groups -OCH3 is 2. The first-order chi connectivity index (χ1) is 7.52. The van der Waals surface area contributed by atoms with Gasteiger partial charge in [0.15, 0.2) is 5.92 Å². The van der Waals surface area contributed by atoms with Gasteiger partial charge in [0.1, 0.15) is 0 Å².